The molecule has 0 aromatic carbocycles. The standard InChI is InChI=1S/C10H10BrN3OS/c11-8-2-1-7-9(13-8)16-10(12-7)14-3-5-15-6-4-14/h1-2H,3-6H2. The minimum Gasteiger partial charge on any atom is -0.378 e. The van der Waals surface area contributed by atoms with Gasteiger partial charge < -0.3 is 9.64 Å². The van der Waals surface area contributed by atoms with Crippen molar-refractivity contribution in [2.45, 2.75) is 0 Å². The molecule has 1 aliphatic rings. The van der Waals surface area contributed by atoms with Crippen LogP contribution in [0.25, 0.3) is 10.3 Å². The van der Waals surface area contributed by atoms with E-state index in [1.165, 1.54) is 0 Å². The quantitative estimate of drug-likeness (QED) is 0.757. The Labute approximate surface area is 105 Å². The van der Waals surface area contributed by atoms with Gasteiger partial charge in [0.25, 0.3) is 0 Å². The van der Waals surface area contributed by atoms with E-state index in [1.54, 1.807) is 11.3 Å². The van der Waals surface area contributed by atoms with Crippen molar-refractivity contribution in [2.75, 3.05) is 31.2 Å². The number of hydrogen-bond donors (Lipinski definition) is 0. The normalized spacial score (nSPS) is 16.9. The van der Waals surface area contributed by atoms with Crippen LogP contribution in [-0.2, 0) is 4.74 Å². The van der Waals surface area contributed by atoms with Gasteiger partial charge in [-0.1, -0.05) is 11.3 Å². The van der Waals surface area contributed by atoms with Crippen LogP contribution >= 0.6 is 27.3 Å². The molecule has 0 saturated carbocycles. The van der Waals surface area contributed by atoms with Crippen LogP contribution < -0.4 is 4.90 Å². The van der Waals surface area contributed by atoms with E-state index < -0.39 is 0 Å². The maximum Gasteiger partial charge on any atom is 0.188 e. The molecule has 2 aromatic heterocycles. The molecular weight excluding hydrogens is 290 g/mol. The maximum atomic E-state index is 5.33. The van der Waals surface area contributed by atoms with Gasteiger partial charge in [0.15, 0.2) is 5.13 Å². The Kier molecular flexibility index (Phi) is 2.79. The molecule has 1 fully saturated rings. The van der Waals surface area contributed by atoms with Gasteiger partial charge in [0.1, 0.15) is 15.0 Å². The third-order valence-corrected chi connectivity index (χ3v) is 3.96. The average molecular weight is 300 g/mol. The molecular formula is C10H10BrN3OS. The summed E-state index contributed by atoms with van der Waals surface area (Å²) < 4.78 is 6.18. The van der Waals surface area contributed by atoms with E-state index in [9.17, 15) is 0 Å². The zero-order valence-corrected chi connectivity index (χ0v) is 10.9. The van der Waals surface area contributed by atoms with E-state index in [2.05, 4.69) is 30.8 Å². The second kappa shape index (κ2) is 4.27. The maximum absolute atomic E-state index is 5.33. The number of anilines is 1. The Morgan fingerprint density at radius 3 is 2.88 bits per heavy atom. The molecule has 0 bridgehead atoms. The van der Waals surface area contributed by atoms with Crippen molar-refractivity contribution >= 4 is 42.7 Å². The number of rotatable bonds is 1. The Morgan fingerprint density at radius 2 is 2.06 bits per heavy atom. The van der Waals surface area contributed by atoms with Crippen molar-refractivity contribution in [3.63, 3.8) is 0 Å². The summed E-state index contributed by atoms with van der Waals surface area (Å²) in [5.41, 5.74) is 0.967. The number of nitrogens with zero attached hydrogens (tertiary/aromatic N) is 3. The predicted octanol–water partition coefficient (Wildman–Crippen LogP) is 2.29. The number of ether oxygens (including phenoxy) is 1. The second-order valence-corrected chi connectivity index (χ2v) is 5.32. The molecule has 0 amide bonds. The fourth-order valence-electron chi connectivity index (χ4n) is 1.67. The van der Waals surface area contributed by atoms with E-state index in [0.717, 1.165) is 46.4 Å². The first-order valence-electron chi connectivity index (χ1n) is 5.09. The van der Waals surface area contributed by atoms with Crippen LogP contribution in [-0.4, -0.2) is 36.3 Å². The second-order valence-electron chi connectivity index (χ2n) is 3.55. The highest BCUT2D eigenvalue weighted by Crippen LogP contribution is 2.28. The van der Waals surface area contributed by atoms with E-state index in [-0.39, 0.29) is 0 Å². The van der Waals surface area contributed by atoms with Crippen molar-refractivity contribution in [3.8, 4) is 0 Å². The van der Waals surface area contributed by atoms with Crippen molar-refractivity contribution in [2.24, 2.45) is 0 Å². The molecule has 0 atom stereocenters. The Balaban J connectivity index is 1.97. The van der Waals surface area contributed by atoms with Crippen molar-refractivity contribution in [1.29, 1.82) is 0 Å². The van der Waals surface area contributed by atoms with Crippen LogP contribution in [0.4, 0.5) is 5.13 Å². The lowest BCUT2D eigenvalue weighted by molar-refractivity contribution is 0.122. The first kappa shape index (κ1) is 10.4. The van der Waals surface area contributed by atoms with Gasteiger partial charge in [-0.05, 0) is 28.1 Å². The zero-order chi connectivity index (χ0) is 11.0. The molecule has 1 saturated heterocycles. The van der Waals surface area contributed by atoms with Crippen LogP contribution in [0.15, 0.2) is 16.7 Å². The largest absolute Gasteiger partial charge is 0.378 e. The molecule has 0 radical (unpaired) electrons. The summed E-state index contributed by atoms with van der Waals surface area (Å²) in [7, 11) is 0. The topological polar surface area (TPSA) is 38.2 Å². The van der Waals surface area contributed by atoms with Gasteiger partial charge >= 0.3 is 0 Å². The van der Waals surface area contributed by atoms with Gasteiger partial charge in [0, 0.05) is 13.1 Å². The molecule has 3 rings (SSSR count). The molecule has 0 aliphatic carbocycles. The summed E-state index contributed by atoms with van der Waals surface area (Å²) in [6.45, 7) is 3.40. The monoisotopic (exact) mass is 299 g/mol. The number of thiazole rings is 1. The SMILES string of the molecule is Brc1ccc2nc(N3CCOCC3)sc2n1. The van der Waals surface area contributed by atoms with Gasteiger partial charge in [0.05, 0.1) is 13.2 Å². The van der Waals surface area contributed by atoms with Crippen molar-refractivity contribution in [1.82, 2.24) is 9.97 Å². The number of hydrogen-bond acceptors (Lipinski definition) is 5. The molecule has 3 heterocycles. The number of morpholine rings is 1. The van der Waals surface area contributed by atoms with Gasteiger partial charge in [-0.15, -0.1) is 0 Å². The van der Waals surface area contributed by atoms with Crippen molar-refractivity contribution < 1.29 is 4.74 Å². The summed E-state index contributed by atoms with van der Waals surface area (Å²) in [5, 5.41) is 1.05. The first-order chi connectivity index (χ1) is 7.83. The fourth-order valence-corrected chi connectivity index (χ4v) is 3.09. The number of fused-ring (bicyclic) bond motifs is 1. The molecule has 0 unspecified atom stereocenters. The zero-order valence-electron chi connectivity index (χ0n) is 8.52. The van der Waals surface area contributed by atoms with Crippen molar-refractivity contribution in [3.05, 3.63) is 16.7 Å². The summed E-state index contributed by atoms with van der Waals surface area (Å²) in [6, 6.07) is 3.91. The molecule has 84 valence electrons. The summed E-state index contributed by atoms with van der Waals surface area (Å²) in [6.07, 6.45) is 0. The Hall–Kier alpha value is -0.720. The average Bonchev–Trinajstić information content (AvgIpc) is 2.73. The van der Waals surface area contributed by atoms with Crippen LogP contribution in [0.5, 0.6) is 0 Å². The third-order valence-electron chi connectivity index (χ3n) is 2.49. The molecule has 0 spiro atoms. The van der Waals surface area contributed by atoms with E-state index >= 15 is 0 Å². The molecule has 0 N–H and O–H groups in total. The molecule has 1 aliphatic heterocycles. The molecule has 2 aromatic rings. The smallest absolute Gasteiger partial charge is 0.188 e. The van der Waals surface area contributed by atoms with Crippen LogP contribution in [0.1, 0.15) is 0 Å². The predicted molar refractivity (Wildman–Crippen MR) is 68.1 cm³/mol. The lowest BCUT2D eigenvalue weighted by Crippen LogP contribution is -2.36. The van der Waals surface area contributed by atoms with Gasteiger partial charge in [-0.2, -0.15) is 0 Å². The highest BCUT2D eigenvalue weighted by molar-refractivity contribution is 9.10. The Morgan fingerprint density at radius 1 is 1.25 bits per heavy atom. The highest BCUT2D eigenvalue weighted by atomic mass is 79.9. The number of pyridine rings is 1. The first-order valence-corrected chi connectivity index (χ1v) is 6.70. The third kappa shape index (κ3) is 1.92. The van der Waals surface area contributed by atoms with E-state index in [0.29, 0.717) is 0 Å². The molecule has 4 nitrogen and oxygen atoms in total. The highest BCUT2D eigenvalue weighted by Gasteiger charge is 2.15. The Bertz CT molecular complexity index is 510. The number of halogens is 1. The van der Waals surface area contributed by atoms with E-state index in [1.807, 2.05) is 12.1 Å². The minimum atomic E-state index is 0.785. The van der Waals surface area contributed by atoms with Gasteiger partial charge in [-0.3, -0.25) is 0 Å². The summed E-state index contributed by atoms with van der Waals surface area (Å²) in [5.74, 6) is 0. The van der Waals surface area contributed by atoms with Gasteiger partial charge in [0.2, 0.25) is 0 Å². The van der Waals surface area contributed by atoms with Crippen LogP contribution in [0.3, 0.4) is 0 Å². The minimum absolute atomic E-state index is 0.785. The lowest BCUT2D eigenvalue weighted by Gasteiger charge is -2.25. The molecule has 6 heteroatoms. The summed E-state index contributed by atoms with van der Waals surface area (Å²) >= 11 is 5.01. The van der Waals surface area contributed by atoms with Crippen LogP contribution in [0, 0.1) is 0 Å². The fraction of sp³-hybridized carbons (Fsp3) is 0.400. The lowest BCUT2D eigenvalue weighted by atomic mass is 10.4. The number of aromatic nitrogens is 2. The van der Waals surface area contributed by atoms with E-state index in [4.69, 9.17) is 4.74 Å². The van der Waals surface area contributed by atoms with Crippen LogP contribution in [0.2, 0.25) is 0 Å². The summed E-state index contributed by atoms with van der Waals surface area (Å²) in [4.78, 5) is 12.2. The van der Waals surface area contributed by atoms with Gasteiger partial charge in [-0.25, -0.2) is 9.97 Å². The molecule has 16 heavy (non-hydrogen) atoms.